The first-order valence-electron chi connectivity index (χ1n) is 7.42. The Hall–Kier alpha value is 0.137. The third kappa shape index (κ3) is 7.22. The van der Waals surface area contributed by atoms with Gasteiger partial charge in [-0.2, -0.15) is 0 Å². The lowest BCUT2D eigenvalue weighted by Crippen LogP contribution is -2.18. The summed E-state index contributed by atoms with van der Waals surface area (Å²) in [6.45, 7) is 0. The van der Waals surface area contributed by atoms with E-state index in [2.05, 4.69) is 0 Å². The molecular weight excluding hydrogens is 228 g/mol. The molecule has 1 rings (SSSR count). The lowest BCUT2D eigenvalue weighted by Gasteiger charge is -2.21. The van der Waals surface area contributed by atoms with E-state index in [0.29, 0.717) is 0 Å². The molecule has 0 bridgehead atoms. The molecule has 1 aliphatic rings. The van der Waals surface area contributed by atoms with Crippen molar-refractivity contribution < 1.29 is 8.85 Å². The van der Waals surface area contributed by atoms with Crippen LogP contribution in [0.3, 0.4) is 0 Å². The first-order valence-corrected chi connectivity index (χ1v) is 9.18. The van der Waals surface area contributed by atoms with Gasteiger partial charge >= 0.3 is 9.28 Å². The van der Waals surface area contributed by atoms with E-state index >= 15 is 0 Å². The average Bonchev–Trinajstić information content (AvgIpc) is 2.39. The van der Waals surface area contributed by atoms with Gasteiger partial charge in [0.25, 0.3) is 0 Å². The van der Waals surface area contributed by atoms with Crippen molar-refractivity contribution in [3.63, 3.8) is 0 Å². The summed E-state index contributed by atoms with van der Waals surface area (Å²) in [6, 6.07) is 1.18. The molecule has 1 saturated carbocycles. The van der Waals surface area contributed by atoms with Gasteiger partial charge in [-0.05, 0) is 12.0 Å². The van der Waals surface area contributed by atoms with Crippen LogP contribution in [-0.2, 0) is 8.85 Å². The Balaban J connectivity index is 1.86. The SMILES string of the molecule is CO[SiH](CCCCCCC1CCCCC1)OC. The first kappa shape index (κ1) is 15.2. The smallest absolute Gasteiger partial charge is 0.320 e. The van der Waals surface area contributed by atoms with Crippen molar-refractivity contribution in [3.8, 4) is 0 Å². The quantitative estimate of drug-likeness (QED) is 0.459. The van der Waals surface area contributed by atoms with Crippen LogP contribution in [0.25, 0.3) is 0 Å². The van der Waals surface area contributed by atoms with E-state index in [0.717, 1.165) is 5.92 Å². The highest BCUT2D eigenvalue weighted by atomic mass is 28.3. The number of unbranched alkanes of at least 4 members (excludes halogenated alkanes) is 3. The van der Waals surface area contributed by atoms with E-state index in [-0.39, 0.29) is 0 Å². The van der Waals surface area contributed by atoms with Crippen LogP contribution in [0.2, 0.25) is 6.04 Å². The Labute approximate surface area is 109 Å². The third-order valence-electron chi connectivity index (χ3n) is 4.05. The summed E-state index contributed by atoms with van der Waals surface area (Å²) in [4.78, 5) is 0. The number of hydrogen-bond acceptors (Lipinski definition) is 2. The van der Waals surface area contributed by atoms with Crippen LogP contribution in [0.1, 0.15) is 64.2 Å². The average molecular weight is 258 g/mol. The lowest BCUT2D eigenvalue weighted by molar-refractivity contribution is 0.275. The van der Waals surface area contributed by atoms with Crippen LogP contribution in [-0.4, -0.2) is 23.5 Å². The van der Waals surface area contributed by atoms with E-state index < -0.39 is 9.28 Å². The lowest BCUT2D eigenvalue weighted by atomic mass is 9.85. The minimum Gasteiger partial charge on any atom is -0.400 e. The Morgan fingerprint density at radius 1 is 0.882 bits per heavy atom. The zero-order chi connectivity index (χ0) is 12.3. The van der Waals surface area contributed by atoms with Gasteiger partial charge in [-0.3, -0.25) is 0 Å². The minimum atomic E-state index is -1.27. The van der Waals surface area contributed by atoms with Crippen LogP contribution in [0.4, 0.5) is 0 Å². The molecule has 0 aromatic rings. The van der Waals surface area contributed by atoms with Crippen molar-refractivity contribution in [2.45, 2.75) is 70.3 Å². The normalized spacial score (nSPS) is 17.8. The maximum Gasteiger partial charge on any atom is 0.320 e. The molecule has 0 unspecified atom stereocenters. The molecule has 3 heteroatoms. The zero-order valence-corrected chi connectivity index (χ0v) is 12.9. The molecule has 0 N–H and O–H groups in total. The van der Waals surface area contributed by atoms with E-state index in [1.54, 1.807) is 14.2 Å². The second kappa shape index (κ2) is 10.1. The van der Waals surface area contributed by atoms with Crippen LogP contribution in [0.15, 0.2) is 0 Å². The van der Waals surface area contributed by atoms with Gasteiger partial charge in [0, 0.05) is 14.2 Å². The van der Waals surface area contributed by atoms with Gasteiger partial charge < -0.3 is 8.85 Å². The number of rotatable bonds is 9. The molecule has 102 valence electrons. The predicted molar refractivity (Wildman–Crippen MR) is 75.6 cm³/mol. The molecule has 1 aliphatic carbocycles. The maximum absolute atomic E-state index is 5.32. The largest absolute Gasteiger partial charge is 0.400 e. The summed E-state index contributed by atoms with van der Waals surface area (Å²) in [5.41, 5.74) is 0. The Morgan fingerprint density at radius 2 is 1.53 bits per heavy atom. The molecule has 0 heterocycles. The van der Waals surface area contributed by atoms with Gasteiger partial charge in [-0.1, -0.05) is 64.2 Å². The van der Waals surface area contributed by atoms with Gasteiger partial charge in [-0.15, -0.1) is 0 Å². The summed E-state index contributed by atoms with van der Waals surface area (Å²) in [5, 5.41) is 0. The van der Waals surface area contributed by atoms with E-state index in [1.165, 1.54) is 70.3 Å². The molecular formula is C14H30O2Si. The summed E-state index contributed by atoms with van der Waals surface area (Å²) < 4.78 is 10.6. The second-order valence-electron chi connectivity index (χ2n) is 5.40. The monoisotopic (exact) mass is 258 g/mol. The van der Waals surface area contributed by atoms with Gasteiger partial charge in [0.2, 0.25) is 0 Å². The topological polar surface area (TPSA) is 18.5 Å². The highest BCUT2D eigenvalue weighted by molar-refractivity contribution is 6.44. The highest BCUT2D eigenvalue weighted by Gasteiger charge is 2.12. The Bertz CT molecular complexity index is 166. The molecule has 0 aromatic carbocycles. The molecule has 0 saturated heterocycles. The van der Waals surface area contributed by atoms with Crippen LogP contribution in [0.5, 0.6) is 0 Å². The first-order chi connectivity index (χ1) is 8.36. The second-order valence-corrected chi connectivity index (χ2v) is 7.78. The molecule has 2 nitrogen and oxygen atoms in total. The fourth-order valence-electron chi connectivity index (χ4n) is 2.91. The molecule has 0 aliphatic heterocycles. The molecule has 0 aromatic heterocycles. The third-order valence-corrected chi connectivity index (χ3v) is 5.98. The van der Waals surface area contributed by atoms with Crippen molar-refractivity contribution in [3.05, 3.63) is 0 Å². The van der Waals surface area contributed by atoms with Gasteiger partial charge in [-0.25, -0.2) is 0 Å². The predicted octanol–water partition coefficient (Wildman–Crippen LogP) is 4.03. The molecule has 0 radical (unpaired) electrons. The van der Waals surface area contributed by atoms with Gasteiger partial charge in [0.1, 0.15) is 0 Å². The van der Waals surface area contributed by atoms with Gasteiger partial charge in [0.05, 0.1) is 0 Å². The van der Waals surface area contributed by atoms with Crippen molar-refractivity contribution in [1.82, 2.24) is 0 Å². The Morgan fingerprint density at radius 3 is 2.18 bits per heavy atom. The van der Waals surface area contributed by atoms with Crippen molar-refractivity contribution >= 4 is 9.28 Å². The van der Waals surface area contributed by atoms with Crippen molar-refractivity contribution in [2.75, 3.05) is 14.2 Å². The fraction of sp³-hybridized carbons (Fsp3) is 1.00. The molecule has 0 amide bonds. The van der Waals surface area contributed by atoms with Crippen molar-refractivity contribution in [2.24, 2.45) is 5.92 Å². The molecule has 1 fully saturated rings. The van der Waals surface area contributed by atoms with E-state index in [4.69, 9.17) is 8.85 Å². The molecule has 0 atom stereocenters. The van der Waals surface area contributed by atoms with Gasteiger partial charge in [0.15, 0.2) is 0 Å². The zero-order valence-electron chi connectivity index (χ0n) is 11.7. The minimum absolute atomic E-state index is 1.06. The standard InChI is InChI=1S/C14H30O2Si/c1-15-17(16-2)13-9-4-3-6-10-14-11-7-5-8-12-14/h14,17H,3-13H2,1-2H3. The van der Waals surface area contributed by atoms with Crippen LogP contribution in [0, 0.1) is 5.92 Å². The highest BCUT2D eigenvalue weighted by Crippen LogP contribution is 2.28. The van der Waals surface area contributed by atoms with Crippen molar-refractivity contribution in [1.29, 1.82) is 0 Å². The van der Waals surface area contributed by atoms with Crippen LogP contribution < -0.4 is 0 Å². The summed E-state index contributed by atoms with van der Waals surface area (Å²) in [7, 11) is 2.29. The maximum atomic E-state index is 5.32. The molecule has 0 spiro atoms. The summed E-state index contributed by atoms with van der Waals surface area (Å²) in [5.74, 6) is 1.06. The van der Waals surface area contributed by atoms with Crippen LogP contribution >= 0.6 is 0 Å². The number of hydrogen-bond donors (Lipinski definition) is 0. The van der Waals surface area contributed by atoms with E-state index in [1.807, 2.05) is 0 Å². The van der Waals surface area contributed by atoms with E-state index in [9.17, 15) is 0 Å². The Kier molecular flexibility index (Phi) is 9.02. The molecule has 17 heavy (non-hydrogen) atoms. The fourth-order valence-corrected chi connectivity index (χ4v) is 4.19. The summed E-state index contributed by atoms with van der Waals surface area (Å²) in [6.07, 6.45) is 14.4. The summed E-state index contributed by atoms with van der Waals surface area (Å²) >= 11 is 0.